The summed E-state index contributed by atoms with van der Waals surface area (Å²) in [5, 5.41) is 0. The molecule has 96 valence electrons. The van der Waals surface area contributed by atoms with Gasteiger partial charge in [0.15, 0.2) is 0 Å². The maximum Gasteiger partial charge on any atom is 0.225 e. The second-order valence-corrected chi connectivity index (χ2v) is 4.70. The first-order chi connectivity index (χ1) is 7.50. The van der Waals surface area contributed by atoms with Crippen LogP contribution < -0.4 is 0 Å². The smallest absolute Gasteiger partial charge is 0.225 e. The molecule has 0 aliphatic heterocycles. The van der Waals surface area contributed by atoms with Crippen molar-refractivity contribution < 1.29 is 9.53 Å². The number of carbonyl (C=O) groups is 1. The van der Waals surface area contributed by atoms with Crippen molar-refractivity contribution in [2.24, 2.45) is 0 Å². The standard InChI is InChI=1S/C13H27NO2/c1-6-7-9-16-10-8-13(15)14(11(2)3)12(4)5/h11-12H,6-10H2,1-5H3. The van der Waals surface area contributed by atoms with Crippen molar-refractivity contribution in [3.63, 3.8) is 0 Å². The van der Waals surface area contributed by atoms with Gasteiger partial charge in [0, 0.05) is 18.7 Å². The third kappa shape index (κ3) is 6.11. The fraction of sp³-hybridized carbons (Fsp3) is 0.923. The van der Waals surface area contributed by atoms with Crippen LogP contribution in [0.25, 0.3) is 0 Å². The molecule has 0 saturated carbocycles. The van der Waals surface area contributed by atoms with E-state index in [2.05, 4.69) is 34.6 Å². The molecule has 0 aliphatic carbocycles. The van der Waals surface area contributed by atoms with Crippen LogP contribution in [-0.2, 0) is 9.53 Å². The Kier molecular flexibility index (Phi) is 8.26. The van der Waals surface area contributed by atoms with Gasteiger partial charge in [0.05, 0.1) is 13.0 Å². The predicted molar refractivity (Wildman–Crippen MR) is 67.5 cm³/mol. The Balaban J connectivity index is 3.84. The molecular formula is C13H27NO2. The maximum absolute atomic E-state index is 11.9. The number of hydrogen-bond donors (Lipinski definition) is 0. The largest absolute Gasteiger partial charge is 0.381 e. The van der Waals surface area contributed by atoms with Crippen LogP contribution in [0.1, 0.15) is 53.9 Å². The highest BCUT2D eigenvalue weighted by Gasteiger charge is 2.19. The number of ether oxygens (including phenoxy) is 1. The van der Waals surface area contributed by atoms with E-state index >= 15 is 0 Å². The van der Waals surface area contributed by atoms with E-state index in [1.165, 1.54) is 0 Å². The Morgan fingerprint density at radius 3 is 2.12 bits per heavy atom. The van der Waals surface area contributed by atoms with Gasteiger partial charge in [-0.15, -0.1) is 0 Å². The van der Waals surface area contributed by atoms with Crippen molar-refractivity contribution in [1.82, 2.24) is 4.90 Å². The van der Waals surface area contributed by atoms with E-state index < -0.39 is 0 Å². The van der Waals surface area contributed by atoms with Crippen LogP contribution in [0.15, 0.2) is 0 Å². The first-order valence-electron chi connectivity index (χ1n) is 6.39. The summed E-state index contributed by atoms with van der Waals surface area (Å²) in [6.07, 6.45) is 2.71. The van der Waals surface area contributed by atoms with E-state index in [1.54, 1.807) is 0 Å². The Hall–Kier alpha value is -0.570. The molecule has 0 N–H and O–H groups in total. The molecule has 1 amide bonds. The van der Waals surface area contributed by atoms with Crippen molar-refractivity contribution in [3.8, 4) is 0 Å². The number of nitrogens with zero attached hydrogens (tertiary/aromatic N) is 1. The lowest BCUT2D eigenvalue weighted by Gasteiger charge is -2.30. The third-order valence-corrected chi connectivity index (χ3v) is 2.50. The Morgan fingerprint density at radius 2 is 1.69 bits per heavy atom. The lowest BCUT2D eigenvalue weighted by molar-refractivity contribution is -0.135. The SMILES string of the molecule is CCCCOCCC(=O)N(C(C)C)C(C)C. The molecule has 0 radical (unpaired) electrons. The summed E-state index contributed by atoms with van der Waals surface area (Å²) in [5.41, 5.74) is 0. The molecule has 0 bridgehead atoms. The molecule has 0 fully saturated rings. The number of rotatable bonds is 8. The molecule has 16 heavy (non-hydrogen) atoms. The molecule has 3 nitrogen and oxygen atoms in total. The van der Waals surface area contributed by atoms with Crippen molar-refractivity contribution in [2.75, 3.05) is 13.2 Å². The van der Waals surface area contributed by atoms with Crippen LogP contribution in [-0.4, -0.2) is 36.1 Å². The molecule has 0 atom stereocenters. The average molecular weight is 229 g/mol. The second kappa shape index (κ2) is 8.57. The molecule has 3 heteroatoms. The molecule has 0 heterocycles. The molecule has 0 aromatic carbocycles. The summed E-state index contributed by atoms with van der Waals surface area (Å²) in [4.78, 5) is 13.8. The van der Waals surface area contributed by atoms with Gasteiger partial charge in [0.25, 0.3) is 0 Å². The van der Waals surface area contributed by atoms with Gasteiger partial charge in [-0.2, -0.15) is 0 Å². The van der Waals surface area contributed by atoms with Gasteiger partial charge in [-0.25, -0.2) is 0 Å². The molecule has 0 saturated heterocycles. The van der Waals surface area contributed by atoms with Crippen molar-refractivity contribution in [2.45, 2.75) is 66.0 Å². The first kappa shape index (κ1) is 15.4. The van der Waals surface area contributed by atoms with Gasteiger partial charge < -0.3 is 9.64 Å². The van der Waals surface area contributed by atoms with Crippen molar-refractivity contribution in [1.29, 1.82) is 0 Å². The molecule has 0 aromatic heterocycles. The van der Waals surface area contributed by atoms with Crippen molar-refractivity contribution in [3.05, 3.63) is 0 Å². The molecule has 0 unspecified atom stereocenters. The van der Waals surface area contributed by atoms with Crippen LogP contribution in [0.3, 0.4) is 0 Å². The second-order valence-electron chi connectivity index (χ2n) is 4.70. The highest BCUT2D eigenvalue weighted by molar-refractivity contribution is 5.76. The van der Waals surface area contributed by atoms with E-state index in [0.29, 0.717) is 13.0 Å². The fourth-order valence-corrected chi connectivity index (χ4v) is 1.81. The van der Waals surface area contributed by atoms with Crippen molar-refractivity contribution >= 4 is 5.91 Å². The van der Waals surface area contributed by atoms with Gasteiger partial charge in [0.2, 0.25) is 5.91 Å². The van der Waals surface area contributed by atoms with Crippen LogP contribution in [0.5, 0.6) is 0 Å². The molecule has 0 spiro atoms. The van der Waals surface area contributed by atoms with Crippen LogP contribution in [0.2, 0.25) is 0 Å². The minimum Gasteiger partial charge on any atom is -0.381 e. The first-order valence-corrected chi connectivity index (χ1v) is 6.39. The zero-order chi connectivity index (χ0) is 12.6. The number of carbonyl (C=O) groups excluding carboxylic acids is 1. The normalized spacial score (nSPS) is 11.2. The maximum atomic E-state index is 11.9. The summed E-state index contributed by atoms with van der Waals surface area (Å²) in [7, 11) is 0. The van der Waals surface area contributed by atoms with Gasteiger partial charge in [0.1, 0.15) is 0 Å². The Labute approximate surface area is 100 Å². The van der Waals surface area contributed by atoms with E-state index in [1.807, 2.05) is 4.90 Å². The minimum atomic E-state index is 0.196. The molecule has 0 aromatic rings. The van der Waals surface area contributed by atoms with E-state index in [9.17, 15) is 4.79 Å². The van der Waals surface area contributed by atoms with Crippen LogP contribution >= 0.6 is 0 Å². The van der Waals surface area contributed by atoms with Gasteiger partial charge in [-0.3, -0.25) is 4.79 Å². The van der Waals surface area contributed by atoms with E-state index in [0.717, 1.165) is 19.4 Å². The highest BCUT2D eigenvalue weighted by Crippen LogP contribution is 2.07. The van der Waals surface area contributed by atoms with Gasteiger partial charge in [-0.05, 0) is 34.1 Å². The minimum absolute atomic E-state index is 0.196. The van der Waals surface area contributed by atoms with E-state index in [-0.39, 0.29) is 18.0 Å². The Bertz CT molecular complexity index is 182. The summed E-state index contributed by atoms with van der Waals surface area (Å²) in [5.74, 6) is 0.196. The average Bonchev–Trinajstić information content (AvgIpc) is 2.16. The molecule has 0 rings (SSSR count). The number of hydrogen-bond acceptors (Lipinski definition) is 2. The lowest BCUT2D eigenvalue weighted by atomic mass is 10.2. The van der Waals surface area contributed by atoms with E-state index in [4.69, 9.17) is 4.74 Å². The summed E-state index contributed by atoms with van der Waals surface area (Å²) < 4.78 is 5.41. The van der Waals surface area contributed by atoms with Crippen LogP contribution in [0, 0.1) is 0 Å². The number of unbranched alkanes of at least 4 members (excludes halogenated alkanes) is 1. The number of amides is 1. The lowest BCUT2D eigenvalue weighted by Crippen LogP contribution is -2.42. The summed E-state index contributed by atoms with van der Waals surface area (Å²) >= 11 is 0. The zero-order valence-corrected chi connectivity index (χ0v) is 11.5. The van der Waals surface area contributed by atoms with Gasteiger partial charge >= 0.3 is 0 Å². The highest BCUT2D eigenvalue weighted by atomic mass is 16.5. The summed E-state index contributed by atoms with van der Waals surface area (Å²) in [6, 6.07) is 0.534. The molecule has 0 aliphatic rings. The van der Waals surface area contributed by atoms with Gasteiger partial charge in [-0.1, -0.05) is 13.3 Å². The zero-order valence-electron chi connectivity index (χ0n) is 11.5. The fourth-order valence-electron chi connectivity index (χ4n) is 1.81. The van der Waals surface area contributed by atoms with Crippen LogP contribution in [0.4, 0.5) is 0 Å². The quantitative estimate of drug-likeness (QED) is 0.599. The monoisotopic (exact) mass is 229 g/mol. The Morgan fingerprint density at radius 1 is 1.12 bits per heavy atom. The molecular weight excluding hydrogens is 202 g/mol. The topological polar surface area (TPSA) is 29.5 Å². The predicted octanol–water partition coefficient (Wildman–Crippen LogP) is 2.84. The third-order valence-electron chi connectivity index (χ3n) is 2.50. The summed E-state index contributed by atoms with van der Waals surface area (Å²) in [6.45, 7) is 11.7.